The molecule has 1 unspecified atom stereocenters. The summed E-state index contributed by atoms with van der Waals surface area (Å²) >= 11 is 6.03. The van der Waals surface area contributed by atoms with Crippen LogP contribution in [-0.2, 0) is 7.05 Å². The van der Waals surface area contributed by atoms with Crippen LogP contribution in [0.15, 0.2) is 6.08 Å². The summed E-state index contributed by atoms with van der Waals surface area (Å²) in [6.07, 6.45) is 3.29. The Balaban J connectivity index is 2.71. The molecular weight excluding hydrogens is 189 g/mol. The van der Waals surface area contributed by atoms with Crippen molar-refractivity contribution in [2.24, 2.45) is 7.05 Å². The Morgan fingerprint density at radius 1 is 1.62 bits per heavy atom. The molecule has 1 aromatic heterocycles. The normalized spacial score (nSPS) is 20.5. The van der Waals surface area contributed by atoms with Gasteiger partial charge in [-0.05, 0) is 13.0 Å². The SMILES string of the molecule is Cc1c(Cl)c2c(n1C)C=CCC2F. The minimum absolute atomic E-state index is 0.441. The summed E-state index contributed by atoms with van der Waals surface area (Å²) in [4.78, 5) is 0. The zero-order valence-electron chi connectivity index (χ0n) is 7.64. The predicted molar refractivity (Wildman–Crippen MR) is 52.7 cm³/mol. The van der Waals surface area contributed by atoms with E-state index in [1.165, 1.54) is 0 Å². The first-order valence-electron chi connectivity index (χ1n) is 4.28. The third-order valence-electron chi connectivity index (χ3n) is 2.63. The van der Waals surface area contributed by atoms with Crippen molar-refractivity contribution in [1.29, 1.82) is 0 Å². The van der Waals surface area contributed by atoms with Crippen molar-refractivity contribution in [3.8, 4) is 0 Å². The molecule has 0 saturated carbocycles. The molecule has 0 aromatic carbocycles. The van der Waals surface area contributed by atoms with E-state index in [4.69, 9.17) is 11.6 Å². The van der Waals surface area contributed by atoms with Crippen molar-refractivity contribution in [1.82, 2.24) is 4.57 Å². The molecule has 1 nitrogen and oxygen atoms in total. The summed E-state index contributed by atoms with van der Waals surface area (Å²) in [5.74, 6) is 0. The summed E-state index contributed by atoms with van der Waals surface area (Å²) in [5, 5.41) is 0.578. The zero-order valence-corrected chi connectivity index (χ0v) is 8.40. The molecule has 13 heavy (non-hydrogen) atoms. The Morgan fingerprint density at radius 3 is 2.92 bits per heavy atom. The molecule has 1 aromatic rings. The molecule has 0 N–H and O–H groups in total. The van der Waals surface area contributed by atoms with Gasteiger partial charge in [-0.3, -0.25) is 0 Å². The second kappa shape index (κ2) is 2.88. The summed E-state index contributed by atoms with van der Waals surface area (Å²) in [6, 6.07) is 0. The topological polar surface area (TPSA) is 4.93 Å². The van der Waals surface area contributed by atoms with E-state index >= 15 is 0 Å². The van der Waals surface area contributed by atoms with Crippen LogP contribution in [0.25, 0.3) is 6.08 Å². The number of fused-ring (bicyclic) bond motifs is 1. The van der Waals surface area contributed by atoms with Gasteiger partial charge in [0.2, 0.25) is 0 Å². The Morgan fingerprint density at radius 2 is 2.31 bits per heavy atom. The van der Waals surface area contributed by atoms with Crippen LogP contribution in [0, 0.1) is 6.92 Å². The van der Waals surface area contributed by atoms with Gasteiger partial charge in [-0.25, -0.2) is 4.39 Å². The van der Waals surface area contributed by atoms with Crippen molar-refractivity contribution in [2.45, 2.75) is 19.5 Å². The first-order chi connectivity index (χ1) is 6.13. The Hall–Kier alpha value is -0.760. The van der Waals surface area contributed by atoms with Crippen LogP contribution in [0.1, 0.15) is 29.5 Å². The van der Waals surface area contributed by atoms with E-state index in [0.717, 1.165) is 11.4 Å². The number of hydrogen-bond donors (Lipinski definition) is 0. The van der Waals surface area contributed by atoms with Crippen LogP contribution >= 0.6 is 11.6 Å². The molecule has 0 aliphatic heterocycles. The van der Waals surface area contributed by atoms with Gasteiger partial charge in [0.05, 0.1) is 5.02 Å². The third-order valence-corrected chi connectivity index (χ3v) is 3.10. The number of aromatic nitrogens is 1. The number of allylic oxidation sites excluding steroid dienone is 1. The van der Waals surface area contributed by atoms with Crippen molar-refractivity contribution >= 4 is 17.7 Å². The van der Waals surface area contributed by atoms with Gasteiger partial charge < -0.3 is 4.57 Å². The number of nitrogens with zero attached hydrogens (tertiary/aromatic N) is 1. The van der Waals surface area contributed by atoms with Crippen LogP contribution in [0.3, 0.4) is 0 Å². The van der Waals surface area contributed by atoms with Crippen LogP contribution in [0.4, 0.5) is 4.39 Å². The standard InChI is InChI=1S/C10H11ClFN/c1-6-10(11)9-7(12)4-3-5-8(9)13(6)2/h3,5,7H,4H2,1-2H3. The Kier molecular flexibility index (Phi) is 1.95. The number of halogens is 2. The van der Waals surface area contributed by atoms with E-state index in [1.54, 1.807) is 0 Å². The van der Waals surface area contributed by atoms with Crippen LogP contribution in [0.2, 0.25) is 5.02 Å². The zero-order chi connectivity index (χ0) is 9.59. The highest BCUT2D eigenvalue weighted by Gasteiger charge is 2.24. The van der Waals surface area contributed by atoms with Gasteiger partial charge in [0, 0.05) is 30.4 Å². The molecule has 1 atom stereocenters. The molecule has 2 rings (SSSR count). The lowest BCUT2D eigenvalue weighted by Gasteiger charge is -2.11. The van der Waals surface area contributed by atoms with Gasteiger partial charge in [0.1, 0.15) is 6.17 Å². The second-order valence-electron chi connectivity index (χ2n) is 3.36. The highest BCUT2D eigenvalue weighted by molar-refractivity contribution is 6.32. The lowest BCUT2D eigenvalue weighted by Crippen LogP contribution is -2.00. The fourth-order valence-corrected chi connectivity index (χ4v) is 2.07. The maximum atomic E-state index is 13.5. The van der Waals surface area contributed by atoms with E-state index in [2.05, 4.69) is 0 Å². The maximum Gasteiger partial charge on any atom is 0.132 e. The van der Waals surface area contributed by atoms with Crippen LogP contribution in [0.5, 0.6) is 0 Å². The van der Waals surface area contributed by atoms with Crippen molar-refractivity contribution < 1.29 is 4.39 Å². The average molecular weight is 200 g/mol. The largest absolute Gasteiger partial charge is 0.347 e. The van der Waals surface area contributed by atoms with Crippen LogP contribution in [-0.4, -0.2) is 4.57 Å². The summed E-state index contributed by atoms with van der Waals surface area (Å²) < 4.78 is 15.4. The van der Waals surface area contributed by atoms with E-state index in [0.29, 0.717) is 17.0 Å². The first-order valence-corrected chi connectivity index (χ1v) is 4.66. The number of alkyl halides is 1. The van der Waals surface area contributed by atoms with E-state index in [-0.39, 0.29) is 0 Å². The van der Waals surface area contributed by atoms with Gasteiger partial charge in [-0.15, -0.1) is 0 Å². The van der Waals surface area contributed by atoms with Gasteiger partial charge in [-0.1, -0.05) is 17.7 Å². The highest BCUT2D eigenvalue weighted by Crippen LogP contribution is 2.39. The third kappa shape index (κ3) is 1.12. The number of rotatable bonds is 0. The Bertz CT molecular complexity index is 379. The van der Waals surface area contributed by atoms with Crippen molar-refractivity contribution in [3.05, 3.63) is 28.0 Å². The van der Waals surface area contributed by atoms with E-state index in [9.17, 15) is 4.39 Å². The molecule has 1 aliphatic carbocycles. The van der Waals surface area contributed by atoms with Gasteiger partial charge in [0.15, 0.2) is 0 Å². The average Bonchev–Trinajstić information content (AvgIpc) is 2.33. The highest BCUT2D eigenvalue weighted by atomic mass is 35.5. The second-order valence-corrected chi connectivity index (χ2v) is 3.74. The van der Waals surface area contributed by atoms with Crippen molar-refractivity contribution in [2.75, 3.05) is 0 Å². The van der Waals surface area contributed by atoms with E-state index in [1.807, 2.05) is 30.7 Å². The minimum atomic E-state index is -0.938. The lowest BCUT2D eigenvalue weighted by atomic mass is 10.0. The fraction of sp³-hybridized carbons (Fsp3) is 0.400. The molecule has 0 amide bonds. The molecule has 70 valence electrons. The monoisotopic (exact) mass is 199 g/mol. The van der Waals surface area contributed by atoms with Gasteiger partial charge in [-0.2, -0.15) is 0 Å². The van der Waals surface area contributed by atoms with Crippen LogP contribution < -0.4 is 0 Å². The van der Waals surface area contributed by atoms with E-state index < -0.39 is 6.17 Å². The summed E-state index contributed by atoms with van der Waals surface area (Å²) in [7, 11) is 1.91. The van der Waals surface area contributed by atoms with Gasteiger partial charge in [0.25, 0.3) is 0 Å². The van der Waals surface area contributed by atoms with Crippen molar-refractivity contribution in [3.63, 3.8) is 0 Å². The molecule has 0 spiro atoms. The smallest absolute Gasteiger partial charge is 0.132 e. The molecular formula is C10H11ClFN. The Labute approximate surface area is 81.8 Å². The summed E-state index contributed by atoms with van der Waals surface area (Å²) in [6.45, 7) is 1.90. The molecule has 0 radical (unpaired) electrons. The molecule has 3 heteroatoms. The predicted octanol–water partition coefficient (Wildman–Crippen LogP) is 3.41. The maximum absolute atomic E-state index is 13.5. The fourth-order valence-electron chi connectivity index (χ4n) is 1.73. The molecule has 0 bridgehead atoms. The molecule has 1 heterocycles. The quantitative estimate of drug-likeness (QED) is 0.604. The number of hydrogen-bond acceptors (Lipinski definition) is 0. The molecule has 0 fully saturated rings. The minimum Gasteiger partial charge on any atom is -0.347 e. The summed E-state index contributed by atoms with van der Waals surface area (Å²) in [5.41, 5.74) is 2.49. The molecule has 1 aliphatic rings. The lowest BCUT2D eigenvalue weighted by molar-refractivity contribution is 0.345. The first kappa shape index (κ1) is 8.82. The molecule has 0 saturated heterocycles. The van der Waals surface area contributed by atoms with Gasteiger partial charge >= 0.3 is 0 Å².